The van der Waals surface area contributed by atoms with Gasteiger partial charge in [-0.2, -0.15) is 0 Å². The van der Waals surface area contributed by atoms with E-state index in [2.05, 4.69) is 15.5 Å². The average Bonchev–Trinajstić information content (AvgIpc) is 2.41. The highest BCUT2D eigenvalue weighted by atomic mass is 19.1. The molecule has 112 valence electrons. The minimum atomic E-state index is -0.299. The van der Waals surface area contributed by atoms with E-state index in [1.165, 1.54) is 12.1 Å². The van der Waals surface area contributed by atoms with E-state index >= 15 is 0 Å². The first-order valence-electron chi connectivity index (χ1n) is 6.63. The van der Waals surface area contributed by atoms with Crippen LogP contribution in [0.5, 0.6) is 5.75 Å². The van der Waals surface area contributed by atoms with Gasteiger partial charge in [0.1, 0.15) is 18.2 Å². The molecule has 0 aliphatic heterocycles. The number of halogens is 1. The number of carbonyl (C=O) groups excluding carboxylic acids is 1. The second-order valence-electron chi connectivity index (χ2n) is 4.64. The standard InChI is InChI=1S/C14H22FN3O2/c1-18(2)10-3-8-16-14(19)17-9-11-20-13-6-4-12(15)5-7-13/h4-7H,3,8-11H2,1-2H3,(H2,16,17,19). The number of amides is 2. The maximum atomic E-state index is 12.7. The Morgan fingerprint density at radius 3 is 2.50 bits per heavy atom. The number of ether oxygens (including phenoxy) is 1. The van der Waals surface area contributed by atoms with Crippen LogP contribution in [0.3, 0.4) is 0 Å². The summed E-state index contributed by atoms with van der Waals surface area (Å²) in [5.41, 5.74) is 0. The van der Waals surface area contributed by atoms with E-state index in [0.29, 0.717) is 25.4 Å². The molecule has 0 unspecified atom stereocenters. The van der Waals surface area contributed by atoms with Crippen molar-refractivity contribution in [3.05, 3.63) is 30.1 Å². The molecule has 0 aromatic heterocycles. The molecule has 5 nitrogen and oxygen atoms in total. The summed E-state index contributed by atoms with van der Waals surface area (Å²) in [7, 11) is 3.99. The molecule has 0 aliphatic rings. The summed E-state index contributed by atoms with van der Waals surface area (Å²) in [6.45, 7) is 2.32. The number of hydrogen-bond acceptors (Lipinski definition) is 3. The Balaban J connectivity index is 2.03. The van der Waals surface area contributed by atoms with Crippen LogP contribution in [0, 0.1) is 5.82 Å². The largest absolute Gasteiger partial charge is 0.492 e. The molecule has 6 heteroatoms. The van der Waals surface area contributed by atoms with E-state index < -0.39 is 0 Å². The minimum absolute atomic E-state index is 0.202. The molecular formula is C14H22FN3O2. The lowest BCUT2D eigenvalue weighted by Crippen LogP contribution is -2.38. The van der Waals surface area contributed by atoms with Gasteiger partial charge in [-0.15, -0.1) is 0 Å². The molecule has 0 saturated carbocycles. The number of rotatable bonds is 8. The normalized spacial score (nSPS) is 10.4. The summed E-state index contributed by atoms with van der Waals surface area (Å²) in [5, 5.41) is 5.45. The lowest BCUT2D eigenvalue weighted by atomic mass is 10.3. The summed E-state index contributed by atoms with van der Waals surface area (Å²) < 4.78 is 18.0. The smallest absolute Gasteiger partial charge is 0.314 e. The van der Waals surface area contributed by atoms with E-state index in [9.17, 15) is 9.18 Å². The molecule has 1 aromatic carbocycles. The van der Waals surface area contributed by atoms with Crippen molar-refractivity contribution in [3.8, 4) is 5.75 Å². The molecule has 2 N–H and O–H groups in total. The molecule has 0 radical (unpaired) electrons. The molecule has 0 aliphatic carbocycles. The Bertz CT molecular complexity index is 396. The van der Waals surface area contributed by atoms with Crippen molar-refractivity contribution in [2.75, 3.05) is 40.3 Å². The zero-order chi connectivity index (χ0) is 14.8. The van der Waals surface area contributed by atoms with Crippen molar-refractivity contribution in [1.29, 1.82) is 0 Å². The first-order chi connectivity index (χ1) is 9.58. The van der Waals surface area contributed by atoms with Crippen molar-refractivity contribution in [1.82, 2.24) is 15.5 Å². The van der Waals surface area contributed by atoms with Crippen LogP contribution in [0.2, 0.25) is 0 Å². The fourth-order valence-corrected chi connectivity index (χ4v) is 1.52. The van der Waals surface area contributed by atoms with Gasteiger partial charge >= 0.3 is 6.03 Å². The molecule has 0 fully saturated rings. The molecule has 1 rings (SSSR count). The summed E-state index contributed by atoms with van der Waals surface area (Å²) in [5.74, 6) is 0.284. The van der Waals surface area contributed by atoms with Crippen molar-refractivity contribution < 1.29 is 13.9 Å². The van der Waals surface area contributed by atoms with E-state index in [-0.39, 0.29) is 11.8 Å². The molecule has 0 atom stereocenters. The fourth-order valence-electron chi connectivity index (χ4n) is 1.52. The SMILES string of the molecule is CN(C)CCCNC(=O)NCCOc1ccc(F)cc1. The summed E-state index contributed by atoms with van der Waals surface area (Å²) in [4.78, 5) is 13.5. The van der Waals surface area contributed by atoms with Crippen LogP contribution in [0.1, 0.15) is 6.42 Å². The van der Waals surface area contributed by atoms with Gasteiger partial charge in [-0.3, -0.25) is 0 Å². The number of carbonyl (C=O) groups is 1. The number of nitrogens with zero attached hydrogens (tertiary/aromatic N) is 1. The third-order valence-corrected chi connectivity index (χ3v) is 2.54. The first kappa shape index (κ1) is 16.2. The lowest BCUT2D eigenvalue weighted by Gasteiger charge is -2.11. The van der Waals surface area contributed by atoms with Crippen LogP contribution in [0.25, 0.3) is 0 Å². The zero-order valence-electron chi connectivity index (χ0n) is 12.0. The molecule has 0 heterocycles. The number of hydrogen-bond donors (Lipinski definition) is 2. The van der Waals surface area contributed by atoms with Gasteiger partial charge in [0.05, 0.1) is 6.54 Å². The van der Waals surface area contributed by atoms with Crippen LogP contribution < -0.4 is 15.4 Å². The van der Waals surface area contributed by atoms with Gasteiger partial charge in [0.25, 0.3) is 0 Å². The maximum absolute atomic E-state index is 12.7. The Kier molecular flexibility index (Phi) is 7.42. The molecule has 2 amide bonds. The van der Waals surface area contributed by atoms with Crippen molar-refractivity contribution in [2.45, 2.75) is 6.42 Å². The van der Waals surface area contributed by atoms with Gasteiger partial charge in [-0.1, -0.05) is 0 Å². The molecule has 1 aromatic rings. The second kappa shape index (κ2) is 9.14. The molecular weight excluding hydrogens is 261 g/mol. The fraction of sp³-hybridized carbons (Fsp3) is 0.500. The van der Waals surface area contributed by atoms with E-state index in [0.717, 1.165) is 13.0 Å². The monoisotopic (exact) mass is 283 g/mol. The second-order valence-corrected chi connectivity index (χ2v) is 4.64. The highest BCUT2D eigenvalue weighted by Gasteiger charge is 1.99. The summed E-state index contributed by atoms with van der Waals surface area (Å²) in [6, 6.07) is 5.57. The van der Waals surface area contributed by atoms with Crippen molar-refractivity contribution in [3.63, 3.8) is 0 Å². The Labute approximate surface area is 119 Å². The van der Waals surface area contributed by atoms with Crippen LogP contribution in [-0.2, 0) is 0 Å². The number of nitrogens with one attached hydrogen (secondary N) is 2. The van der Waals surface area contributed by atoms with Crippen LogP contribution in [-0.4, -0.2) is 51.3 Å². The van der Waals surface area contributed by atoms with Crippen LogP contribution in [0.15, 0.2) is 24.3 Å². The molecule has 20 heavy (non-hydrogen) atoms. The van der Waals surface area contributed by atoms with Gasteiger partial charge < -0.3 is 20.3 Å². The predicted molar refractivity (Wildman–Crippen MR) is 76.5 cm³/mol. The summed E-state index contributed by atoms with van der Waals surface area (Å²) >= 11 is 0. The molecule has 0 bridgehead atoms. The van der Waals surface area contributed by atoms with E-state index in [4.69, 9.17) is 4.74 Å². The number of benzene rings is 1. The third kappa shape index (κ3) is 7.58. The minimum Gasteiger partial charge on any atom is -0.492 e. The molecule has 0 saturated heterocycles. The van der Waals surface area contributed by atoms with Gasteiger partial charge in [-0.05, 0) is 51.3 Å². The van der Waals surface area contributed by atoms with Gasteiger partial charge in [0.2, 0.25) is 0 Å². The van der Waals surface area contributed by atoms with E-state index in [1.807, 2.05) is 14.1 Å². The highest BCUT2D eigenvalue weighted by Crippen LogP contribution is 2.10. The lowest BCUT2D eigenvalue weighted by molar-refractivity contribution is 0.236. The van der Waals surface area contributed by atoms with Gasteiger partial charge in [0, 0.05) is 6.54 Å². The van der Waals surface area contributed by atoms with Crippen molar-refractivity contribution >= 4 is 6.03 Å². The van der Waals surface area contributed by atoms with Crippen LogP contribution in [0.4, 0.5) is 9.18 Å². The van der Waals surface area contributed by atoms with Crippen molar-refractivity contribution in [2.24, 2.45) is 0 Å². The highest BCUT2D eigenvalue weighted by molar-refractivity contribution is 5.73. The maximum Gasteiger partial charge on any atom is 0.314 e. The Morgan fingerprint density at radius 1 is 1.20 bits per heavy atom. The van der Waals surface area contributed by atoms with Gasteiger partial charge in [-0.25, -0.2) is 9.18 Å². The first-order valence-corrected chi connectivity index (χ1v) is 6.63. The molecule has 0 spiro atoms. The number of urea groups is 1. The zero-order valence-corrected chi connectivity index (χ0v) is 12.0. The summed E-state index contributed by atoms with van der Waals surface area (Å²) in [6.07, 6.45) is 0.909. The predicted octanol–water partition coefficient (Wildman–Crippen LogP) is 1.46. The van der Waals surface area contributed by atoms with E-state index in [1.54, 1.807) is 12.1 Å². The van der Waals surface area contributed by atoms with Gasteiger partial charge in [0.15, 0.2) is 0 Å². The van der Waals surface area contributed by atoms with Crippen LogP contribution >= 0.6 is 0 Å². The Morgan fingerprint density at radius 2 is 1.85 bits per heavy atom. The Hall–Kier alpha value is -1.82. The average molecular weight is 283 g/mol. The topological polar surface area (TPSA) is 53.6 Å². The third-order valence-electron chi connectivity index (χ3n) is 2.54. The quantitative estimate of drug-likeness (QED) is 0.710.